The number of nitrogens with zero attached hydrogens (tertiary/aromatic N) is 3. The van der Waals surface area contributed by atoms with Crippen molar-refractivity contribution in [1.82, 2.24) is 4.57 Å². The van der Waals surface area contributed by atoms with Crippen molar-refractivity contribution in [3.8, 4) is 34.2 Å². The molecule has 0 fully saturated rings. The van der Waals surface area contributed by atoms with Crippen LogP contribution in [0.1, 0.15) is 12.5 Å². The third-order valence-electron chi connectivity index (χ3n) is 4.93. The van der Waals surface area contributed by atoms with E-state index >= 15 is 0 Å². The predicted molar refractivity (Wildman–Crippen MR) is 126 cm³/mol. The number of fused-ring (bicyclic) bond motifs is 1. The first-order chi connectivity index (χ1) is 15.8. The molecule has 7 heteroatoms. The predicted octanol–water partition coefficient (Wildman–Crippen LogP) is 5.27. The van der Waals surface area contributed by atoms with Crippen molar-refractivity contribution < 1.29 is 14.2 Å². The topological polar surface area (TPSA) is 57.3 Å². The van der Waals surface area contributed by atoms with E-state index in [0.29, 0.717) is 6.61 Å². The van der Waals surface area contributed by atoms with Gasteiger partial charge in [-0.05, 0) is 72.6 Å². The summed E-state index contributed by atoms with van der Waals surface area (Å²) in [6, 6.07) is 24.0. The number of aromatic nitrogens is 1. The fourth-order valence-electron chi connectivity index (χ4n) is 3.44. The summed E-state index contributed by atoms with van der Waals surface area (Å²) in [4.78, 5) is 0.775. The van der Waals surface area contributed by atoms with E-state index in [1.807, 2.05) is 55.5 Å². The molecule has 0 aliphatic carbocycles. The van der Waals surface area contributed by atoms with Gasteiger partial charge < -0.3 is 14.2 Å². The maximum Gasteiger partial charge on any atom is 0.231 e. The average Bonchev–Trinajstić information content (AvgIpc) is 3.47. The van der Waals surface area contributed by atoms with E-state index in [0.717, 1.165) is 44.6 Å². The number of hydrogen-bond donors (Lipinski definition) is 0. The van der Waals surface area contributed by atoms with Crippen LogP contribution in [0.3, 0.4) is 0 Å². The smallest absolute Gasteiger partial charge is 0.231 e. The zero-order valence-electron chi connectivity index (χ0n) is 17.5. The molecule has 3 aromatic carbocycles. The van der Waals surface area contributed by atoms with Crippen LogP contribution in [-0.2, 0) is 0 Å². The highest BCUT2D eigenvalue weighted by atomic mass is 32.1. The highest BCUT2D eigenvalue weighted by Crippen LogP contribution is 2.32. The van der Waals surface area contributed by atoms with E-state index < -0.39 is 0 Å². The van der Waals surface area contributed by atoms with Gasteiger partial charge in [0.05, 0.1) is 18.5 Å². The van der Waals surface area contributed by atoms with Crippen molar-refractivity contribution >= 4 is 17.6 Å². The molecule has 0 saturated heterocycles. The maximum atomic E-state index is 5.58. The van der Waals surface area contributed by atoms with Gasteiger partial charge in [0, 0.05) is 11.1 Å². The van der Waals surface area contributed by atoms with Crippen LogP contribution in [0.4, 0.5) is 0 Å². The van der Waals surface area contributed by atoms with Gasteiger partial charge in [-0.1, -0.05) is 18.2 Å². The van der Waals surface area contributed by atoms with E-state index in [4.69, 9.17) is 14.2 Å². The Balaban J connectivity index is 1.52. The fraction of sp³-hybridized carbons (Fsp3) is 0.120. The summed E-state index contributed by atoms with van der Waals surface area (Å²) in [5.74, 6) is 2.33. The molecule has 0 amide bonds. The molecule has 0 N–H and O–H groups in total. The lowest BCUT2D eigenvalue weighted by Gasteiger charge is -2.10. The third kappa shape index (κ3) is 4.15. The number of benzene rings is 3. The number of rotatable bonds is 6. The third-order valence-corrected chi connectivity index (χ3v) is 5.75. The monoisotopic (exact) mass is 443 g/mol. The molecule has 32 heavy (non-hydrogen) atoms. The summed E-state index contributed by atoms with van der Waals surface area (Å²) >= 11 is 1.54. The van der Waals surface area contributed by atoms with Crippen molar-refractivity contribution in [3.05, 3.63) is 88.5 Å². The van der Waals surface area contributed by atoms with Gasteiger partial charge in [-0.3, -0.25) is 4.57 Å². The molecule has 5 rings (SSSR count). The molecule has 0 atom stereocenters. The van der Waals surface area contributed by atoms with Crippen molar-refractivity contribution in [3.63, 3.8) is 0 Å². The molecule has 0 bridgehead atoms. The van der Waals surface area contributed by atoms with Crippen molar-refractivity contribution in [2.24, 2.45) is 10.2 Å². The van der Waals surface area contributed by atoms with Crippen LogP contribution in [0.5, 0.6) is 17.2 Å². The first kappa shape index (κ1) is 20.1. The Kier molecular flexibility index (Phi) is 5.72. The van der Waals surface area contributed by atoms with E-state index in [1.165, 1.54) is 0 Å². The van der Waals surface area contributed by atoms with Crippen LogP contribution >= 0.6 is 11.3 Å². The molecule has 0 saturated carbocycles. The Bertz CT molecular complexity index is 1310. The van der Waals surface area contributed by atoms with E-state index in [1.54, 1.807) is 17.6 Å². The van der Waals surface area contributed by atoms with Crippen LogP contribution in [0.2, 0.25) is 0 Å². The average molecular weight is 444 g/mol. The molecular weight excluding hydrogens is 422 g/mol. The Morgan fingerprint density at radius 2 is 1.81 bits per heavy atom. The molecule has 0 radical (unpaired) electrons. The lowest BCUT2D eigenvalue weighted by molar-refractivity contribution is 0.174. The number of hydrogen-bond acceptors (Lipinski definition) is 6. The van der Waals surface area contributed by atoms with Crippen molar-refractivity contribution in [2.45, 2.75) is 6.92 Å². The molecular formula is C25H21N3O3S. The van der Waals surface area contributed by atoms with Gasteiger partial charge >= 0.3 is 0 Å². The molecule has 0 unspecified atom stereocenters. The van der Waals surface area contributed by atoms with Crippen LogP contribution in [0.25, 0.3) is 16.9 Å². The van der Waals surface area contributed by atoms with E-state index in [9.17, 15) is 0 Å². The summed E-state index contributed by atoms with van der Waals surface area (Å²) in [5.41, 5.74) is 4.04. The second kappa shape index (κ2) is 9.11. The zero-order chi connectivity index (χ0) is 21.8. The van der Waals surface area contributed by atoms with Gasteiger partial charge in [0.15, 0.2) is 11.5 Å². The fourth-order valence-corrected chi connectivity index (χ4v) is 4.30. The van der Waals surface area contributed by atoms with Crippen LogP contribution in [0.15, 0.2) is 88.4 Å². The highest BCUT2D eigenvalue weighted by Gasteiger charge is 2.13. The van der Waals surface area contributed by atoms with Crippen molar-refractivity contribution in [2.75, 3.05) is 13.4 Å². The van der Waals surface area contributed by atoms with E-state index in [2.05, 4.69) is 44.4 Å². The van der Waals surface area contributed by atoms with Crippen LogP contribution in [0, 0.1) is 0 Å². The Hall–Kier alpha value is -3.84. The minimum Gasteiger partial charge on any atom is -0.494 e. The van der Waals surface area contributed by atoms with Gasteiger partial charge in [0.1, 0.15) is 5.75 Å². The Labute approximate surface area is 189 Å². The Morgan fingerprint density at radius 3 is 2.62 bits per heavy atom. The Morgan fingerprint density at radius 1 is 1.00 bits per heavy atom. The van der Waals surface area contributed by atoms with Crippen LogP contribution in [-0.4, -0.2) is 24.2 Å². The first-order valence-corrected chi connectivity index (χ1v) is 11.2. The minimum atomic E-state index is 0.251. The number of para-hydroxylation sites is 1. The second-order valence-corrected chi connectivity index (χ2v) is 7.83. The normalized spacial score (nSPS) is 13.1. The van der Waals surface area contributed by atoms with Crippen molar-refractivity contribution in [1.29, 1.82) is 0 Å². The molecule has 160 valence electrons. The highest BCUT2D eigenvalue weighted by molar-refractivity contribution is 7.07. The SMILES string of the molecule is CCOc1ccc(-c2csc(=NN=Cc3ccc4c(c3)OCO4)n2-c2ccccc2)cc1. The maximum absolute atomic E-state index is 5.58. The summed E-state index contributed by atoms with van der Waals surface area (Å²) < 4.78 is 18.5. The van der Waals surface area contributed by atoms with Gasteiger partial charge in [0.2, 0.25) is 11.6 Å². The molecule has 4 aromatic rings. The summed E-state index contributed by atoms with van der Waals surface area (Å²) in [5, 5.41) is 11.0. The van der Waals surface area contributed by atoms with E-state index in [-0.39, 0.29) is 6.79 Å². The molecule has 1 aliphatic heterocycles. The lowest BCUT2D eigenvalue weighted by Crippen LogP contribution is -2.13. The summed E-state index contributed by atoms with van der Waals surface area (Å²) in [7, 11) is 0. The number of ether oxygens (including phenoxy) is 3. The molecule has 1 aromatic heterocycles. The molecule has 1 aliphatic rings. The van der Waals surface area contributed by atoms with Gasteiger partial charge in [-0.15, -0.1) is 16.4 Å². The first-order valence-electron chi connectivity index (χ1n) is 10.3. The lowest BCUT2D eigenvalue weighted by atomic mass is 10.1. The largest absolute Gasteiger partial charge is 0.494 e. The molecule has 6 nitrogen and oxygen atoms in total. The molecule has 0 spiro atoms. The summed E-state index contributed by atoms with van der Waals surface area (Å²) in [6.07, 6.45) is 1.72. The van der Waals surface area contributed by atoms with Gasteiger partial charge in [-0.2, -0.15) is 5.10 Å². The van der Waals surface area contributed by atoms with Gasteiger partial charge in [0.25, 0.3) is 0 Å². The zero-order valence-corrected chi connectivity index (χ0v) is 18.3. The minimum absolute atomic E-state index is 0.251. The standard InChI is InChI=1S/C25H21N3O3S/c1-2-29-21-11-9-19(10-12-21)22-16-32-25(28(22)20-6-4-3-5-7-20)27-26-15-18-8-13-23-24(14-18)31-17-30-23/h3-16H,2,17H2,1H3. The van der Waals surface area contributed by atoms with Crippen LogP contribution < -0.4 is 19.0 Å². The van der Waals surface area contributed by atoms with Gasteiger partial charge in [-0.25, -0.2) is 0 Å². The quantitative estimate of drug-likeness (QED) is 0.301. The second-order valence-electron chi connectivity index (χ2n) is 6.99. The number of thiazole rings is 1. The summed E-state index contributed by atoms with van der Waals surface area (Å²) in [6.45, 7) is 2.88. The molecule has 2 heterocycles.